The summed E-state index contributed by atoms with van der Waals surface area (Å²) < 4.78 is 1.08. The maximum Gasteiger partial charge on any atom is 0.255 e. The number of primary amides is 1. The van der Waals surface area contributed by atoms with Gasteiger partial charge < -0.3 is 11.1 Å². The molecule has 1 aliphatic rings. The van der Waals surface area contributed by atoms with Gasteiger partial charge in [-0.05, 0) is 77.9 Å². The van der Waals surface area contributed by atoms with Crippen LogP contribution in [0.2, 0.25) is 0 Å². The highest BCUT2D eigenvalue weighted by Gasteiger charge is 2.29. The first kappa shape index (κ1) is 17.9. The number of amides is 2. The highest BCUT2D eigenvalue weighted by molar-refractivity contribution is 14.1. The molecule has 0 aliphatic carbocycles. The molecule has 0 radical (unpaired) electrons. The normalized spacial score (nSPS) is 17.4. The number of anilines is 1. The number of nitrogens with two attached hydrogens (primary N) is 1. The lowest BCUT2D eigenvalue weighted by molar-refractivity contribution is -0.122. The number of hydrogen-bond acceptors (Lipinski definition) is 3. The standard InChI is InChI=1S/C19H20IN3O2/c20-15-9-7-13(8-10-15)19(25)22-16-5-2-1-4-14(16)12-23-11-3-6-17(23)18(21)24/h1-2,4-5,7-10,17H,3,6,11-12H2,(H2,21,24)(H,22,25). The molecule has 2 amide bonds. The monoisotopic (exact) mass is 449 g/mol. The van der Waals surface area contributed by atoms with Crippen LogP contribution < -0.4 is 11.1 Å². The van der Waals surface area contributed by atoms with Crippen LogP contribution in [-0.2, 0) is 11.3 Å². The van der Waals surface area contributed by atoms with Crippen molar-refractivity contribution in [2.45, 2.75) is 25.4 Å². The lowest BCUT2D eigenvalue weighted by Gasteiger charge is -2.23. The summed E-state index contributed by atoms with van der Waals surface area (Å²) in [6.07, 6.45) is 1.76. The second kappa shape index (κ2) is 7.97. The Morgan fingerprint density at radius 3 is 2.60 bits per heavy atom. The third-order valence-electron chi connectivity index (χ3n) is 4.44. The molecule has 0 spiro atoms. The van der Waals surface area contributed by atoms with Crippen molar-refractivity contribution in [3.8, 4) is 0 Å². The van der Waals surface area contributed by atoms with Crippen molar-refractivity contribution in [2.24, 2.45) is 5.73 Å². The second-order valence-corrected chi connectivity index (χ2v) is 7.39. The molecule has 2 aromatic rings. The van der Waals surface area contributed by atoms with Gasteiger partial charge in [0.1, 0.15) is 0 Å². The molecule has 1 atom stereocenters. The molecule has 0 bridgehead atoms. The number of para-hydroxylation sites is 1. The van der Waals surface area contributed by atoms with E-state index in [1.54, 1.807) is 0 Å². The predicted octanol–water partition coefficient (Wildman–Crippen LogP) is 2.99. The number of benzene rings is 2. The molecule has 0 saturated carbocycles. The minimum Gasteiger partial charge on any atom is -0.368 e. The molecule has 1 heterocycles. The number of nitrogens with one attached hydrogen (secondary N) is 1. The smallest absolute Gasteiger partial charge is 0.255 e. The van der Waals surface area contributed by atoms with E-state index in [1.807, 2.05) is 48.5 Å². The molecule has 3 rings (SSSR count). The van der Waals surface area contributed by atoms with Crippen LogP contribution in [0.4, 0.5) is 5.69 Å². The van der Waals surface area contributed by atoms with Gasteiger partial charge in [0.05, 0.1) is 6.04 Å². The van der Waals surface area contributed by atoms with Gasteiger partial charge >= 0.3 is 0 Å². The maximum atomic E-state index is 12.5. The zero-order chi connectivity index (χ0) is 17.8. The highest BCUT2D eigenvalue weighted by Crippen LogP contribution is 2.24. The third kappa shape index (κ3) is 4.38. The summed E-state index contributed by atoms with van der Waals surface area (Å²) >= 11 is 2.21. The van der Waals surface area contributed by atoms with Gasteiger partial charge in [-0.1, -0.05) is 18.2 Å². The van der Waals surface area contributed by atoms with E-state index in [2.05, 4.69) is 32.8 Å². The molecule has 1 saturated heterocycles. The summed E-state index contributed by atoms with van der Waals surface area (Å²) in [5.74, 6) is -0.422. The number of halogens is 1. The first-order valence-electron chi connectivity index (χ1n) is 8.23. The average Bonchev–Trinajstić information content (AvgIpc) is 3.05. The average molecular weight is 449 g/mol. The molecule has 6 heteroatoms. The lowest BCUT2D eigenvalue weighted by Crippen LogP contribution is -2.39. The lowest BCUT2D eigenvalue weighted by atomic mass is 10.1. The van der Waals surface area contributed by atoms with Crippen LogP contribution >= 0.6 is 22.6 Å². The Labute approximate surface area is 160 Å². The van der Waals surface area contributed by atoms with E-state index in [0.29, 0.717) is 12.1 Å². The van der Waals surface area contributed by atoms with Crippen LogP contribution in [0.15, 0.2) is 48.5 Å². The van der Waals surface area contributed by atoms with Crippen LogP contribution in [0.5, 0.6) is 0 Å². The minimum atomic E-state index is -0.280. The molecule has 1 unspecified atom stereocenters. The van der Waals surface area contributed by atoms with Gasteiger partial charge in [0.25, 0.3) is 5.91 Å². The Morgan fingerprint density at radius 1 is 1.16 bits per heavy atom. The van der Waals surface area contributed by atoms with Crippen molar-refractivity contribution in [1.82, 2.24) is 4.90 Å². The van der Waals surface area contributed by atoms with E-state index in [0.717, 1.165) is 34.2 Å². The summed E-state index contributed by atoms with van der Waals surface area (Å²) in [7, 11) is 0. The molecule has 2 aromatic carbocycles. The first-order valence-corrected chi connectivity index (χ1v) is 9.30. The SMILES string of the molecule is NC(=O)C1CCCN1Cc1ccccc1NC(=O)c1ccc(I)cc1. The zero-order valence-corrected chi connectivity index (χ0v) is 15.9. The van der Waals surface area contributed by atoms with Crippen molar-refractivity contribution in [2.75, 3.05) is 11.9 Å². The molecular weight excluding hydrogens is 429 g/mol. The summed E-state index contributed by atoms with van der Waals surface area (Å²) in [5, 5.41) is 2.98. The third-order valence-corrected chi connectivity index (χ3v) is 5.16. The summed E-state index contributed by atoms with van der Waals surface area (Å²) in [6.45, 7) is 1.43. The fourth-order valence-electron chi connectivity index (χ4n) is 3.13. The first-order chi connectivity index (χ1) is 12.0. The Hall–Kier alpha value is -1.93. The van der Waals surface area contributed by atoms with Gasteiger partial charge in [0.2, 0.25) is 5.91 Å². The largest absolute Gasteiger partial charge is 0.368 e. The van der Waals surface area contributed by atoms with Crippen LogP contribution in [-0.4, -0.2) is 29.3 Å². The van der Waals surface area contributed by atoms with Crippen molar-refractivity contribution in [3.05, 3.63) is 63.2 Å². The quantitative estimate of drug-likeness (QED) is 0.690. The van der Waals surface area contributed by atoms with Crippen LogP contribution in [0, 0.1) is 3.57 Å². The van der Waals surface area contributed by atoms with Crippen LogP contribution in [0.1, 0.15) is 28.8 Å². The van der Waals surface area contributed by atoms with Gasteiger partial charge in [-0.15, -0.1) is 0 Å². The highest BCUT2D eigenvalue weighted by atomic mass is 127. The molecule has 3 N–H and O–H groups in total. The second-order valence-electron chi connectivity index (χ2n) is 6.15. The van der Waals surface area contributed by atoms with Gasteiger partial charge in [0.15, 0.2) is 0 Å². The summed E-state index contributed by atoms with van der Waals surface area (Å²) in [4.78, 5) is 26.2. The number of hydrogen-bond donors (Lipinski definition) is 2. The van der Waals surface area contributed by atoms with Crippen molar-refractivity contribution < 1.29 is 9.59 Å². The van der Waals surface area contributed by atoms with Gasteiger partial charge in [-0.3, -0.25) is 14.5 Å². The fourth-order valence-corrected chi connectivity index (χ4v) is 3.49. The van der Waals surface area contributed by atoms with Crippen LogP contribution in [0.25, 0.3) is 0 Å². The molecule has 1 aliphatic heterocycles. The Bertz CT molecular complexity index is 776. The number of carbonyl (C=O) groups is 2. The Kier molecular flexibility index (Phi) is 5.70. The van der Waals surface area contributed by atoms with Crippen molar-refractivity contribution in [3.63, 3.8) is 0 Å². The van der Waals surface area contributed by atoms with E-state index >= 15 is 0 Å². The van der Waals surface area contributed by atoms with Gasteiger partial charge in [-0.25, -0.2) is 0 Å². The van der Waals surface area contributed by atoms with E-state index < -0.39 is 0 Å². The van der Waals surface area contributed by atoms with Gasteiger partial charge in [-0.2, -0.15) is 0 Å². The summed E-state index contributed by atoms with van der Waals surface area (Å²) in [6, 6.07) is 14.9. The topological polar surface area (TPSA) is 75.4 Å². The van der Waals surface area contributed by atoms with Gasteiger partial charge in [0, 0.05) is 21.4 Å². The molecular formula is C19H20IN3O2. The minimum absolute atomic E-state index is 0.142. The van der Waals surface area contributed by atoms with E-state index in [9.17, 15) is 9.59 Å². The molecule has 130 valence electrons. The number of rotatable bonds is 5. The Morgan fingerprint density at radius 2 is 1.88 bits per heavy atom. The van der Waals surface area contributed by atoms with E-state index in [1.165, 1.54) is 0 Å². The summed E-state index contributed by atoms with van der Waals surface area (Å²) in [5.41, 5.74) is 7.86. The van der Waals surface area contributed by atoms with Crippen LogP contribution in [0.3, 0.4) is 0 Å². The van der Waals surface area contributed by atoms with Crippen molar-refractivity contribution >= 4 is 40.1 Å². The number of likely N-dealkylation sites (tertiary alicyclic amines) is 1. The zero-order valence-electron chi connectivity index (χ0n) is 13.7. The predicted molar refractivity (Wildman–Crippen MR) is 106 cm³/mol. The number of carbonyl (C=O) groups excluding carboxylic acids is 2. The molecule has 5 nitrogen and oxygen atoms in total. The van der Waals surface area contributed by atoms with E-state index in [-0.39, 0.29) is 17.9 Å². The van der Waals surface area contributed by atoms with Crippen molar-refractivity contribution in [1.29, 1.82) is 0 Å². The number of nitrogens with zero attached hydrogens (tertiary/aromatic N) is 1. The molecule has 1 fully saturated rings. The Balaban J connectivity index is 1.75. The fraction of sp³-hybridized carbons (Fsp3) is 0.263. The maximum absolute atomic E-state index is 12.5. The molecule has 0 aromatic heterocycles. The molecule has 25 heavy (non-hydrogen) atoms. The van der Waals surface area contributed by atoms with E-state index in [4.69, 9.17) is 5.73 Å².